The van der Waals surface area contributed by atoms with E-state index in [4.69, 9.17) is 0 Å². The molecule has 1 aliphatic carbocycles. The van der Waals surface area contributed by atoms with E-state index in [-0.39, 0.29) is 11.8 Å². The van der Waals surface area contributed by atoms with Gasteiger partial charge in [0.05, 0.1) is 5.69 Å². The number of fused-ring (bicyclic) bond motifs is 1. The molecule has 6 heteroatoms. The molecule has 0 spiro atoms. The Morgan fingerprint density at radius 2 is 2.00 bits per heavy atom. The fraction of sp³-hybridized carbons (Fsp3) is 0.688. The minimum absolute atomic E-state index is 0.0457. The van der Waals surface area contributed by atoms with Gasteiger partial charge in [-0.3, -0.25) is 14.3 Å². The van der Waals surface area contributed by atoms with Crippen LogP contribution < -0.4 is 0 Å². The third-order valence-corrected chi connectivity index (χ3v) is 5.49. The SMILES string of the molecule is Cc1cc(C(=O)N2CCC3CC32C(=O)N2CCCC2)n(C)n1. The summed E-state index contributed by atoms with van der Waals surface area (Å²) in [7, 11) is 1.79. The van der Waals surface area contributed by atoms with Crippen molar-refractivity contribution in [1.82, 2.24) is 19.6 Å². The quantitative estimate of drug-likeness (QED) is 0.817. The first-order chi connectivity index (χ1) is 10.5. The summed E-state index contributed by atoms with van der Waals surface area (Å²) in [6, 6.07) is 1.81. The van der Waals surface area contributed by atoms with Crippen LogP contribution in [0.25, 0.3) is 0 Å². The largest absolute Gasteiger partial charge is 0.341 e. The second kappa shape index (κ2) is 4.57. The summed E-state index contributed by atoms with van der Waals surface area (Å²) in [6.07, 6.45) is 3.95. The number of aromatic nitrogens is 2. The second-order valence-electron chi connectivity index (χ2n) is 6.86. The molecule has 118 valence electrons. The monoisotopic (exact) mass is 302 g/mol. The Kier molecular flexibility index (Phi) is 2.86. The Labute approximate surface area is 130 Å². The first-order valence-electron chi connectivity index (χ1n) is 8.16. The van der Waals surface area contributed by atoms with E-state index in [1.807, 2.05) is 22.8 Å². The molecule has 0 bridgehead atoms. The van der Waals surface area contributed by atoms with Crippen LogP contribution in [0.1, 0.15) is 41.9 Å². The van der Waals surface area contributed by atoms with Gasteiger partial charge in [0.25, 0.3) is 5.91 Å². The number of amides is 2. The maximum atomic E-state index is 13.0. The fourth-order valence-corrected chi connectivity index (χ4v) is 4.28. The van der Waals surface area contributed by atoms with Crippen molar-refractivity contribution in [1.29, 1.82) is 0 Å². The highest BCUT2D eigenvalue weighted by molar-refractivity contribution is 6.01. The fourth-order valence-electron chi connectivity index (χ4n) is 4.28. The van der Waals surface area contributed by atoms with Gasteiger partial charge in [-0.05, 0) is 44.6 Å². The van der Waals surface area contributed by atoms with Gasteiger partial charge >= 0.3 is 0 Å². The van der Waals surface area contributed by atoms with Crippen LogP contribution in [-0.2, 0) is 11.8 Å². The summed E-state index contributed by atoms with van der Waals surface area (Å²) in [5.41, 5.74) is 0.871. The predicted molar refractivity (Wildman–Crippen MR) is 80.3 cm³/mol. The third-order valence-electron chi connectivity index (χ3n) is 5.49. The molecule has 1 saturated carbocycles. The lowest BCUT2D eigenvalue weighted by Gasteiger charge is -2.30. The molecular formula is C16H22N4O2. The molecule has 2 amide bonds. The van der Waals surface area contributed by atoms with Crippen LogP contribution in [0, 0.1) is 12.8 Å². The molecule has 3 aliphatic rings. The molecule has 3 fully saturated rings. The van der Waals surface area contributed by atoms with Crippen LogP contribution in [0.3, 0.4) is 0 Å². The zero-order chi connectivity index (χ0) is 15.5. The van der Waals surface area contributed by atoms with Gasteiger partial charge in [-0.25, -0.2) is 0 Å². The third kappa shape index (κ3) is 1.76. The van der Waals surface area contributed by atoms with E-state index in [9.17, 15) is 9.59 Å². The van der Waals surface area contributed by atoms with Gasteiger partial charge in [-0.15, -0.1) is 0 Å². The molecule has 2 aliphatic heterocycles. The van der Waals surface area contributed by atoms with Gasteiger partial charge in [0.1, 0.15) is 11.2 Å². The molecule has 1 aromatic heterocycles. The highest BCUT2D eigenvalue weighted by atomic mass is 16.2. The minimum Gasteiger partial charge on any atom is -0.341 e. The van der Waals surface area contributed by atoms with Crippen molar-refractivity contribution in [2.45, 2.75) is 38.1 Å². The van der Waals surface area contributed by atoms with E-state index < -0.39 is 5.54 Å². The Morgan fingerprint density at radius 1 is 1.27 bits per heavy atom. The summed E-state index contributed by atoms with van der Waals surface area (Å²) in [5, 5.41) is 4.26. The summed E-state index contributed by atoms with van der Waals surface area (Å²) >= 11 is 0. The normalized spacial score (nSPS) is 29.8. The van der Waals surface area contributed by atoms with Crippen molar-refractivity contribution in [3.8, 4) is 0 Å². The van der Waals surface area contributed by atoms with Crippen LogP contribution in [0.4, 0.5) is 0 Å². The summed E-state index contributed by atoms with van der Waals surface area (Å²) in [6.45, 7) is 4.26. The molecule has 0 N–H and O–H groups in total. The lowest BCUT2D eigenvalue weighted by molar-refractivity contribution is -0.136. The van der Waals surface area contributed by atoms with Crippen molar-refractivity contribution in [3.63, 3.8) is 0 Å². The van der Waals surface area contributed by atoms with E-state index in [1.165, 1.54) is 0 Å². The Hall–Kier alpha value is -1.85. The van der Waals surface area contributed by atoms with Crippen molar-refractivity contribution in [3.05, 3.63) is 17.5 Å². The molecule has 22 heavy (non-hydrogen) atoms. The van der Waals surface area contributed by atoms with Gasteiger partial charge in [-0.2, -0.15) is 5.10 Å². The average Bonchev–Trinajstić information content (AvgIpc) is 2.92. The highest BCUT2D eigenvalue weighted by Crippen LogP contribution is 2.57. The molecule has 6 nitrogen and oxygen atoms in total. The van der Waals surface area contributed by atoms with E-state index in [2.05, 4.69) is 5.10 Å². The number of likely N-dealkylation sites (tertiary alicyclic amines) is 2. The number of nitrogens with zero attached hydrogens (tertiary/aromatic N) is 4. The van der Waals surface area contributed by atoms with Gasteiger partial charge < -0.3 is 9.80 Å². The lowest BCUT2D eigenvalue weighted by atomic mass is 10.1. The van der Waals surface area contributed by atoms with Crippen LogP contribution in [0.5, 0.6) is 0 Å². The number of carbonyl (C=O) groups excluding carboxylic acids is 2. The standard InChI is InChI=1S/C16H22N4O2/c1-11-9-13(18(2)17-11)14(21)20-8-5-12-10-16(12,20)15(22)19-6-3-4-7-19/h9,12H,3-8,10H2,1-2H3. The van der Waals surface area contributed by atoms with Gasteiger partial charge in [0.15, 0.2) is 0 Å². The zero-order valence-electron chi connectivity index (χ0n) is 13.2. The minimum atomic E-state index is -0.542. The van der Waals surface area contributed by atoms with Crippen molar-refractivity contribution in [2.75, 3.05) is 19.6 Å². The lowest BCUT2D eigenvalue weighted by Crippen LogP contribution is -2.51. The van der Waals surface area contributed by atoms with Gasteiger partial charge in [-0.1, -0.05) is 0 Å². The van der Waals surface area contributed by atoms with E-state index >= 15 is 0 Å². The molecule has 2 saturated heterocycles. The number of hydrogen-bond acceptors (Lipinski definition) is 3. The summed E-state index contributed by atoms with van der Waals surface area (Å²) in [4.78, 5) is 29.7. The van der Waals surface area contributed by atoms with Crippen molar-refractivity contribution < 1.29 is 9.59 Å². The molecule has 1 aromatic rings. The van der Waals surface area contributed by atoms with Crippen LogP contribution in [0.15, 0.2) is 6.07 Å². The summed E-state index contributed by atoms with van der Waals surface area (Å²) in [5.74, 6) is 0.495. The summed E-state index contributed by atoms with van der Waals surface area (Å²) < 4.78 is 1.63. The molecule has 2 atom stereocenters. The van der Waals surface area contributed by atoms with Gasteiger partial charge in [0, 0.05) is 26.7 Å². The zero-order valence-corrected chi connectivity index (χ0v) is 13.2. The van der Waals surface area contributed by atoms with Gasteiger partial charge in [0.2, 0.25) is 5.91 Å². The van der Waals surface area contributed by atoms with E-state index in [0.29, 0.717) is 18.2 Å². The van der Waals surface area contributed by atoms with E-state index in [1.54, 1.807) is 11.7 Å². The molecule has 2 unspecified atom stereocenters. The first-order valence-corrected chi connectivity index (χ1v) is 8.16. The maximum Gasteiger partial charge on any atom is 0.273 e. The Morgan fingerprint density at radius 3 is 2.59 bits per heavy atom. The average molecular weight is 302 g/mol. The second-order valence-corrected chi connectivity index (χ2v) is 6.86. The number of rotatable bonds is 2. The Balaban J connectivity index is 1.63. The topological polar surface area (TPSA) is 58.4 Å². The Bertz CT molecular complexity index is 647. The van der Waals surface area contributed by atoms with Crippen LogP contribution in [-0.4, -0.2) is 56.6 Å². The van der Waals surface area contributed by atoms with Crippen molar-refractivity contribution in [2.24, 2.45) is 13.0 Å². The number of aryl methyl sites for hydroxylation is 2. The number of carbonyl (C=O) groups is 2. The van der Waals surface area contributed by atoms with Crippen LogP contribution in [0.2, 0.25) is 0 Å². The molecule has 0 aromatic carbocycles. The smallest absolute Gasteiger partial charge is 0.273 e. The highest BCUT2D eigenvalue weighted by Gasteiger charge is 2.69. The molecule has 4 rings (SSSR count). The van der Waals surface area contributed by atoms with E-state index in [0.717, 1.165) is 44.5 Å². The molecular weight excluding hydrogens is 280 g/mol. The number of hydrogen-bond donors (Lipinski definition) is 0. The molecule has 3 heterocycles. The number of piperidine rings is 1. The van der Waals surface area contributed by atoms with Crippen LogP contribution >= 0.6 is 0 Å². The molecule has 0 radical (unpaired) electrons. The maximum absolute atomic E-state index is 13.0. The first kappa shape index (κ1) is 13.8. The van der Waals surface area contributed by atoms with Crippen molar-refractivity contribution >= 4 is 11.8 Å². The predicted octanol–water partition coefficient (Wildman–Crippen LogP) is 0.956.